The molecule has 2 aromatic rings. The van der Waals surface area contributed by atoms with Crippen molar-refractivity contribution < 1.29 is 24.1 Å². The van der Waals surface area contributed by atoms with Crippen LogP contribution in [-0.4, -0.2) is 52.6 Å². The van der Waals surface area contributed by atoms with E-state index >= 15 is 0 Å². The average molecular weight is 535 g/mol. The normalized spacial score (nSPS) is 24.4. The summed E-state index contributed by atoms with van der Waals surface area (Å²) >= 11 is 3.87. The number of aromatic nitrogens is 2. The number of carboxylic acids is 1. The van der Waals surface area contributed by atoms with Crippen molar-refractivity contribution in [2.75, 3.05) is 19.8 Å². The molecule has 8 heteroatoms. The van der Waals surface area contributed by atoms with Gasteiger partial charge < -0.3 is 19.3 Å². The molecule has 0 radical (unpaired) electrons. The summed E-state index contributed by atoms with van der Waals surface area (Å²) in [5.41, 5.74) is 3.30. The molecule has 186 valence electrons. The molecule has 34 heavy (non-hydrogen) atoms. The number of halogens is 1. The summed E-state index contributed by atoms with van der Waals surface area (Å²) < 4.78 is 20.4. The highest BCUT2D eigenvalue weighted by Gasteiger charge is 2.33. The summed E-state index contributed by atoms with van der Waals surface area (Å²) in [4.78, 5) is 10.7. The fourth-order valence-electron chi connectivity index (χ4n) is 4.99. The number of carboxylic acid groups (broad SMARTS) is 1. The van der Waals surface area contributed by atoms with Gasteiger partial charge >= 0.3 is 5.97 Å². The third-order valence-corrected chi connectivity index (χ3v) is 7.62. The number of nitrogens with zero attached hydrogens (tertiary/aromatic N) is 2. The molecule has 7 nitrogen and oxygen atoms in total. The molecular weight excluding hydrogens is 500 g/mol. The molecule has 4 rings (SSSR count). The molecule has 1 saturated heterocycles. The quantitative estimate of drug-likeness (QED) is 0.445. The van der Waals surface area contributed by atoms with Crippen molar-refractivity contribution in [1.82, 2.24) is 9.78 Å². The Morgan fingerprint density at radius 1 is 1.21 bits per heavy atom. The zero-order chi connectivity index (χ0) is 24.1. The van der Waals surface area contributed by atoms with Crippen molar-refractivity contribution in [3.63, 3.8) is 0 Å². The maximum Gasteiger partial charge on any atom is 0.329 e. The highest BCUT2D eigenvalue weighted by molar-refractivity contribution is 9.10. The third kappa shape index (κ3) is 6.68. The Morgan fingerprint density at radius 3 is 2.56 bits per heavy atom. The smallest absolute Gasteiger partial charge is 0.329 e. The standard InChI is InChI=1S/C26H35BrN2O5/c1-26(2)33-16-21(34-26)12-13-22-24(27)25(20-6-4-3-5-7-20)28-29(22)14-18-8-10-19(11-9-18)15-32-17-23(30)31/h3-7,18-19,21H,8-17H2,1-2H3,(H,30,31). The lowest BCUT2D eigenvalue weighted by molar-refractivity contribution is -0.143. The molecule has 1 aliphatic carbocycles. The monoisotopic (exact) mass is 534 g/mol. The summed E-state index contributed by atoms with van der Waals surface area (Å²) in [7, 11) is 0. The second-order valence-electron chi connectivity index (χ2n) is 9.94. The fourth-order valence-corrected chi connectivity index (χ4v) is 5.70. The fraction of sp³-hybridized carbons (Fsp3) is 0.615. The maximum absolute atomic E-state index is 10.7. The van der Waals surface area contributed by atoms with E-state index in [1.807, 2.05) is 32.0 Å². The zero-order valence-electron chi connectivity index (χ0n) is 20.0. The Bertz CT molecular complexity index is 954. The van der Waals surface area contributed by atoms with E-state index in [0.29, 0.717) is 25.0 Å². The predicted molar refractivity (Wildman–Crippen MR) is 132 cm³/mol. The first-order chi connectivity index (χ1) is 16.3. The molecule has 1 aromatic carbocycles. The van der Waals surface area contributed by atoms with E-state index in [9.17, 15) is 4.79 Å². The molecule has 2 fully saturated rings. The third-order valence-electron chi connectivity index (χ3n) is 6.79. The maximum atomic E-state index is 10.7. The SMILES string of the molecule is CC1(C)OCC(CCc2c(Br)c(-c3ccccc3)nn2CC2CCC(COCC(=O)O)CC2)O1. The molecule has 0 amide bonds. The summed E-state index contributed by atoms with van der Waals surface area (Å²) in [6.07, 6.45) is 6.18. The highest BCUT2D eigenvalue weighted by atomic mass is 79.9. The van der Waals surface area contributed by atoms with Gasteiger partial charge in [0.2, 0.25) is 0 Å². The summed E-state index contributed by atoms with van der Waals surface area (Å²) in [5, 5.41) is 13.8. The van der Waals surface area contributed by atoms with Crippen LogP contribution in [-0.2, 0) is 32.0 Å². The van der Waals surface area contributed by atoms with Gasteiger partial charge in [0, 0.05) is 12.1 Å². The van der Waals surface area contributed by atoms with Crippen LogP contribution >= 0.6 is 15.9 Å². The van der Waals surface area contributed by atoms with Gasteiger partial charge in [-0.05, 0) is 80.1 Å². The van der Waals surface area contributed by atoms with E-state index in [4.69, 9.17) is 24.4 Å². The number of hydrogen-bond donors (Lipinski definition) is 1. The number of benzene rings is 1. The lowest BCUT2D eigenvalue weighted by atomic mass is 9.82. The summed E-state index contributed by atoms with van der Waals surface area (Å²) in [5.74, 6) is -0.417. The number of ether oxygens (including phenoxy) is 3. The van der Waals surface area contributed by atoms with Gasteiger partial charge in [-0.1, -0.05) is 30.3 Å². The highest BCUT2D eigenvalue weighted by Crippen LogP contribution is 2.35. The Kier molecular flexibility index (Phi) is 8.45. The minimum atomic E-state index is -0.905. The number of carbonyl (C=O) groups is 1. The molecule has 1 aromatic heterocycles. The Morgan fingerprint density at radius 2 is 1.91 bits per heavy atom. The lowest BCUT2D eigenvalue weighted by Gasteiger charge is -2.28. The van der Waals surface area contributed by atoms with Crippen LogP contribution < -0.4 is 0 Å². The van der Waals surface area contributed by atoms with Gasteiger partial charge in [-0.3, -0.25) is 4.68 Å². The second-order valence-corrected chi connectivity index (χ2v) is 10.7. The largest absolute Gasteiger partial charge is 0.480 e. The molecule has 2 heterocycles. The Hall–Kier alpha value is -1.74. The van der Waals surface area contributed by atoms with Gasteiger partial charge in [0.25, 0.3) is 0 Å². The van der Waals surface area contributed by atoms with Crippen LogP contribution in [0.2, 0.25) is 0 Å². The second kappa shape index (κ2) is 11.3. The van der Waals surface area contributed by atoms with Crippen molar-refractivity contribution in [2.24, 2.45) is 11.8 Å². The van der Waals surface area contributed by atoms with Crippen LogP contribution in [0.3, 0.4) is 0 Å². The molecule has 0 bridgehead atoms. The van der Waals surface area contributed by atoms with Gasteiger partial charge in [0.15, 0.2) is 5.79 Å². The van der Waals surface area contributed by atoms with E-state index in [-0.39, 0.29) is 12.7 Å². The van der Waals surface area contributed by atoms with Gasteiger partial charge in [-0.2, -0.15) is 5.10 Å². The Labute approximate surface area is 209 Å². The molecule has 1 saturated carbocycles. The van der Waals surface area contributed by atoms with Gasteiger partial charge in [0.1, 0.15) is 12.3 Å². The van der Waals surface area contributed by atoms with Crippen molar-refractivity contribution in [2.45, 2.75) is 70.8 Å². The first-order valence-electron chi connectivity index (χ1n) is 12.2. The van der Waals surface area contributed by atoms with E-state index in [1.54, 1.807) is 0 Å². The van der Waals surface area contributed by atoms with Crippen molar-refractivity contribution >= 4 is 21.9 Å². The summed E-state index contributed by atoms with van der Waals surface area (Å²) in [6, 6.07) is 10.3. The predicted octanol–water partition coefficient (Wildman–Crippen LogP) is 5.30. The number of aliphatic carboxylic acids is 1. The minimum absolute atomic E-state index is 0.0895. The number of hydrogen-bond acceptors (Lipinski definition) is 5. The van der Waals surface area contributed by atoms with Crippen LogP contribution in [0.25, 0.3) is 11.3 Å². The van der Waals surface area contributed by atoms with Crippen LogP contribution in [0.15, 0.2) is 34.8 Å². The topological polar surface area (TPSA) is 82.8 Å². The van der Waals surface area contributed by atoms with Gasteiger partial charge in [0.05, 0.1) is 29.5 Å². The van der Waals surface area contributed by atoms with Gasteiger partial charge in [-0.15, -0.1) is 0 Å². The van der Waals surface area contributed by atoms with E-state index in [0.717, 1.165) is 60.8 Å². The average Bonchev–Trinajstić information content (AvgIpc) is 3.32. The van der Waals surface area contributed by atoms with Crippen molar-refractivity contribution in [3.05, 3.63) is 40.5 Å². The van der Waals surface area contributed by atoms with Crippen molar-refractivity contribution in [3.8, 4) is 11.3 Å². The molecular formula is C26H35BrN2O5. The zero-order valence-corrected chi connectivity index (χ0v) is 21.6. The van der Waals surface area contributed by atoms with Crippen molar-refractivity contribution in [1.29, 1.82) is 0 Å². The first kappa shape index (κ1) is 25.4. The molecule has 1 aliphatic heterocycles. The first-order valence-corrected chi connectivity index (χ1v) is 13.0. The van der Waals surface area contributed by atoms with E-state index < -0.39 is 11.8 Å². The van der Waals surface area contributed by atoms with Crippen LogP contribution in [0, 0.1) is 11.8 Å². The van der Waals surface area contributed by atoms with E-state index in [2.05, 4.69) is 32.7 Å². The van der Waals surface area contributed by atoms with Gasteiger partial charge in [-0.25, -0.2) is 4.79 Å². The lowest BCUT2D eigenvalue weighted by Crippen LogP contribution is -2.24. The molecule has 1 N–H and O–H groups in total. The molecule has 1 atom stereocenters. The Balaban J connectivity index is 1.42. The van der Waals surface area contributed by atoms with Crippen LogP contribution in [0.5, 0.6) is 0 Å². The van der Waals surface area contributed by atoms with Crippen LogP contribution in [0.4, 0.5) is 0 Å². The van der Waals surface area contributed by atoms with Crippen LogP contribution in [0.1, 0.15) is 51.6 Å². The van der Waals surface area contributed by atoms with E-state index in [1.165, 1.54) is 5.69 Å². The molecule has 1 unspecified atom stereocenters. The summed E-state index contributed by atoms with van der Waals surface area (Å²) in [6.45, 7) is 5.76. The molecule has 0 spiro atoms. The minimum Gasteiger partial charge on any atom is -0.480 e. The number of rotatable bonds is 10. The molecule has 2 aliphatic rings.